The Labute approximate surface area is 44.0 Å². The van der Waals surface area contributed by atoms with Gasteiger partial charge in [0.1, 0.15) is 0 Å². The molecule has 0 amide bonds. The molecule has 0 nitrogen and oxygen atoms in total. The van der Waals surface area contributed by atoms with Crippen molar-refractivity contribution in [1.82, 2.24) is 0 Å². The number of hydrogen-bond acceptors (Lipinski definition) is 0. The van der Waals surface area contributed by atoms with E-state index in [9.17, 15) is 4.39 Å². The van der Waals surface area contributed by atoms with E-state index in [2.05, 4.69) is 0 Å². The fourth-order valence-corrected chi connectivity index (χ4v) is 0. The van der Waals surface area contributed by atoms with E-state index in [0.29, 0.717) is 6.55 Å². The first-order valence-corrected chi connectivity index (χ1v) is 0.728. The van der Waals surface area contributed by atoms with Crippen molar-refractivity contribution in [2.45, 2.75) is 0 Å². The fourth-order valence-electron chi connectivity index (χ4n) is 0. The molecule has 0 unspecified atom stereocenters. The van der Waals surface area contributed by atoms with Crippen LogP contribution in [0.25, 0.3) is 0 Å². The van der Waals surface area contributed by atoms with Gasteiger partial charge in [-0.2, -0.15) is 0 Å². The zero-order valence-electron chi connectivity index (χ0n) is 3.96. The molecule has 0 atom stereocenters. The third-order valence-electron chi connectivity index (χ3n) is 0.0546. The first-order valence-electron chi connectivity index (χ1n) is 1.31. The van der Waals surface area contributed by atoms with Gasteiger partial charge in [0, 0.05) is 0 Å². The Bertz CT molecular complexity index is 59.2. The van der Waals surface area contributed by atoms with Gasteiger partial charge in [0.05, 0.1) is 0 Å². The van der Waals surface area contributed by atoms with Crippen molar-refractivity contribution in [3.05, 3.63) is 18.6 Å². The first kappa shape index (κ1) is 5.05. The Kier molecular flexibility index (Phi) is 9.05. The second-order valence-electron chi connectivity index (χ2n) is 0.239. The third kappa shape index (κ3) is 15.5. The van der Waals surface area contributed by atoms with Crippen LogP contribution in [0.4, 0.5) is 4.39 Å². The predicted octanol–water partition coefficient (Wildman–Crippen LogP) is -1.94. The van der Waals surface area contributed by atoms with E-state index < -0.39 is 0 Å². The van der Waals surface area contributed by atoms with Crippen molar-refractivity contribution < 1.29 is 24.6 Å². The van der Waals surface area contributed by atoms with Gasteiger partial charge in [-0.3, -0.25) is 0 Å². The summed E-state index contributed by atoms with van der Waals surface area (Å²) in [4.78, 5) is 0. The molecule has 0 saturated heterocycles. The maximum absolute atomic E-state index is 10.5. The van der Waals surface area contributed by atoms with Gasteiger partial charge >= 0.3 is 18.9 Å². The molecule has 0 heterocycles. The standard InChI is InChI=1S/C3H2F.Li/c1-2-3-4;/h1H2;/q-1;+1/i1D;. The molecule has 0 bridgehead atoms. The molecule has 0 rings (SSSR count). The molecule has 0 saturated carbocycles. The topological polar surface area (TPSA) is 0 Å². The van der Waals surface area contributed by atoms with Gasteiger partial charge in [0.25, 0.3) is 0 Å². The van der Waals surface area contributed by atoms with Crippen molar-refractivity contribution in [3.63, 3.8) is 0 Å². The van der Waals surface area contributed by atoms with Gasteiger partial charge in [-0.05, 0) is 6.33 Å². The molecule has 0 aromatic carbocycles. The monoisotopic (exact) mass is 65.0 g/mol. The molecule has 0 spiro atoms. The maximum Gasteiger partial charge on any atom is 1.00 e. The molecule has 0 aromatic rings. The Hall–Kier alpha value is 0.0474. The van der Waals surface area contributed by atoms with Crippen molar-refractivity contribution in [3.8, 4) is 0 Å². The first-order chi connectivity index (χ1) is 2.41. The van der Waals surface area contributed by atoms with Gasteiger partial charge in [-0.25, -0.2) is 6.55 Å². The van der Waals surface area contributed by atoms with Crippen LogP contribution < -0.4 is 18.9 Å². The number of rotatable bonds is 0. The van der Waals surface area contributed by atoms with E-state index in [4.69, 9.17) is 1.37 Å². The zero-order chi connectivity index (χ0) is 4.12. The summed E-state index contributed by atoms with van der Waals surface area (Å²) in [6, 6.07) is 0. The van der Waals surface area contributed by atoms with Gasteiger partial charge in [0.15, 0.2) is 0 Å². The molecule has 0 aliphatic rings. The normalized spacial score (nSPS) is 5.40. The quantitative estimate of drug-likeness (QED) is 0.175. The summed E-state index contributed by atoms with van der Waals surface area (Å²) in [5.74, 6) is 0. The zero-order valence-corrected chi connectivity index (χ0v) is 2.96. The van der Waals surface area contributed by atoms with Gasteiger partial charge in [0.2, 0.25) is 0 Å². The Balaban J connectivity index is 0. The molecule has 0 aliphatic heterocycles. The minimum absolute atomic E-state index is 0. The van der Waals surface area contributed by atoms with Crippen LogP contribution in [0.15, 0.2) is 12.3 Å². The van der Waals surface area contributed by atoms with Gasteiger partial charge < -0.3 is 10.1 Å². The molecule has 0 aliphatic carbocycles. The van der Waals surface area contributed by atoms with Crippen molar-refractivity contribution in [2.24, 2.45) is 0 Å². The van der Waals surface area contributed by atoms with Crippen LogP contribution in [0.3, 0.4) is 0 Å². The third-order valence-corrected chi connectivity index (χ3v) is 0.0546. The van der Waals surface area contributed by atoms with Crippen LogP contribution in [0.2, 0.25) is 0 Å². The van der Waals surface area contributed by atoms with E-state index in [0.717, 1.165) is 6.33 Å². The Morgan fingerprint density at radius 1 is 2.20 bits per heavy atom. The van der Waals surface area contributed by atoms with Gasteiger partial charge in [-0.1, -0.05) is 1.37 Å². The fraction of sp³-hybridized carbons (Fsp3) is 0. The number of halogens is 1. The van der Waals surface area contributed by atoms with E-state index >= 15 is 0 Å². The van der Waals surface area contributed by atoms with E-state index in [1.165, 1.54) is 0 Å². The molecule has 0 aromatic heterocycles. The molecule has 0 radical (unpaired) electrons. The second-order valence-corrected chi connectivity index (χ2v) is 0.239. The molecule has 22 valence electrons. The smallest absolute Gasteiger partial charge is 0.329 e. The summed E-state index contributed by atoms with van der Waals surface area (Å²) in [6.07, 6.45) is 1.02. The van der Waals surface area contributed by atoms with Crippen LogP contribution in [-0.4, -0.2) is 0 Å². The summed E-state index contributed by atoms with van der Waals surface area (Å²) in [5.41, 5.74) is 1.74. The van der Waals surface area contributed by atoms with E-state index in [1.54, 1.807) is 5.73 Å². The summed E-state index contributed by atoms with van der Waals surface area (Å²) in [7, 11) is 0. The molecule has 5 heavy (non-hydrogen) atoms. The minimum Gasteiger partial charge on any atom is -0.329 e. The Morgan fingerprint density at radius 2 is 2.80 bits per heavy atom. The van der Waals surface area contributed by atoms with Gasteiger partial charge in [-0.15, -0.1) is 0 Å². The van der Waals surface area contributed by atoms with E-state index in [1.807, 2.05) is 0 Å². The minimum atomic E-state index is 0. The molecular formula is C3H2FLi. The summed E-state index contributed by atoms with van der Waals surface area (Å²) in [5, 5.41) is 0. The van der Waals surface area contributed by atoms with Crippen LogP contribution in [0.5, 0.6) is 0 Å². The predicted molar refractivity (Wildman–Crippen MR) is 13.5 cm³/mol. The molecular weight excluding hydrogens is 62.0 g/mol. The largest absolute Gasteiger partial charge is 1.00 e. The van der Waals surface area contributed by atoms with E-state index in [-0.39, 0.29) is 18.9 Å². The maximum atomic E-state index is 10.5. The van der Waals surface area contributed by atoms with Crippen molar-refractivity contribution >= 4 is 0 Å². The SMILES string of the molecule is [2H]C=C=[C-]F.[Li+]. The van der Waals surface area contributed by atoms with Crippen LogP contribution in [-0.2, 0) is 0 Å². The van der Waals surface area contributed by atoms with Crippen LogP contribution >= 0.6 is 0 Å². The molecule has 0 N–H and O–H groups in total. The molecule has 2 heteroatoms. The average molecular weight is 65.0 g/mol. The van der Waals surface area contributed by atoms with Crippen LogP contribution in [0, 0.1) is 6.33 Å². The van der Waals surface area contributed by atoms with Crippen molar-refractivity contribution in [1.29, 1.82) is 0 Å². The second kappa shape index (κ2) is 8.97. The number of hydrogen-bond donors (Lipinski definition) is 0. The van der Waals surface area contributed by atoms with Crippen molar-refractivity contribution in [2.75, 3.05) is 0 Å². The summed E-state index contributed by atoms with van der Waals surface area (Å²) >= 11 is 0. The summed E-state index contributed by atoms with van der Waals surface area (Å²) < 4.78 is 16.5. The Morgan fingerprint density at radius 3 is 2.80 bits per heavy atom. The van der Waals surface area contributed by atoms with Crippen LogP contribution in [0.1, 0.15) is 1.37 Å². The molecule has 0 fully saturated rings. The average Bonchev–Trinajstić information content (AvgIpc) is 1.41. The summed E-state index contributed by atoms with van der Waals surface area (Å²) in [6.45, 7) is 0.694.